The minimum absolute atomic E-state index is 0. The summed E-state index contributed by atoms with van der Waals surface area (Å²) in [5.74, 6) is 1.80. The number of nitrogens with zero attached hydrogens (tertiary/aromatic N) is 1. The minimum atomic E-state index is -0.191. The molecule has 1 aromatic rings. The molecule has 0 saturated heterocycles. The van der Waals surface area contributed by atoms with Crippen LogP contribution in [-0.2, 0) is 0 Å². The number of aliphatic imine (C=N–C) groups is 1. The van der Waals surface area contributed by atoms with Crippen LogP contribution in [0.5, 0.6) is 5.75 Å². The summed E-state index contributed by atoms with van der Waals surface area (Å²) in [4.78, 5) is 4.38. The van der Waals surface area contributed by atoms with Crippen LogP contribution < -0.4 is 15.4 Å². The Kier molecular flexibility index (Phi) is 7.72. The normalized spacial score (nSPS) is 19.6. The van der Waals surface area contributed by atoms with Crippen LogP contribution in [0.3, 0.4) is 0 Å². The lowest BCUT2D eigenvalue weighted by Crippen LogP contribution is -2.47. The molecule has 1 heterocycles. The monoisotopic (exact) mass is 463 g/mol. The summed E-state index contributed by atoms with van der Waals surface area (Å²) in [7, 11) is 1.82. The van der Waals surface area contributed by atoms with Gasteiger partial charge in [-0.25, -0.2) is 0 Å². The summed E-state index contributed by atoms with van der Waals surface area (Å²) < 4.78 is 6.26. The quantitative estimate of drug-likeness (QED) is 0.399. The maximum absolute atomic E-state index is 6.09. The highest BCUT2D eigenvalue weighted by Gasteiger charge is 2.34. The predicted octanol–water partition coefficient (Wildman–Crippen LogP) is 4.21. The molecule has 1 aliphatic rings. The van der Waals surface area contributed by atoms with E-state index in [1.165, 1.54) is 5.56 Å². The molecule has 1 aromatic carbocycles. The average molecular weight is 463 g/mol. The van der Waals surface area contributed by atoms with Crippen molar-refractivity contribution < 1.29 is 4.74 Å². The number of hydrogen-bond donors (Lipinski definition) is 2. The molecule has 0 aliphatic carbocycles. The number of ether oxygens (including phenoxy) is 1. The van der Waals surface area contributed by atoms with E-state index in [4.69, 9.17) is 4.74 Å². The van der Waals surface area contributed by atoms with Gasteiger partial charge >= 0.3 is 0 Å². The lowest BCUT2D eigenvalue weighted by Gasteiger charge is -2.38. The van der Waals surface area contributed by atoms with Crippen molar-refractivity contribution in [3.63, 3.8) is 0 Å². The number of para-hydroxylation sites is 1. The van der Waals surface area contributed by atoms with Crippen LogP contribution in [0.2, 0.25) is 0 Å². The molecule has 0 spiro atoms. The Morgan fingerprint density at radius 2 is 2.04 bits per heavy atom. The van der Waals surface area contributed by atoms with Crippen LogP contribution in [0.1, 0.15) is 45.7 Å². The number of nitrogens with one attached hydrogen (secondary N) is 2. The van der Waals surface area contributed by atoms with E-state index in [-0.39, 0.29) is 40.4 Å². The van der Waals surface area contributed by atoms with Crippen LogP contribution in [-0.4, -0.2) is 36.2 Å². The Labute approximate surface area is 167 Å². The van der Waals surface area contributed by atoms with Gasteiger partial charge in [0.2, 0.25) is 0 Å². The Bertz CT molecular complexity index is 575. The fraction of sp³-hybridized carbons (Fsp3) is 0.611. The minimum Gasteiger partial charge on any atom is -0.487 e. The summed E-state index contributed by atoms with van der Waals surface area (Å²) in [6.07, 6.45) is 3.03. The Morgan fingerprint density at radius 1 is 1.38 bits per heavy atom. The lowest BCUT2D eigenvalue weighted by atomic mass is 9.90. The van der Waals surface area contributed by atoms with Crippen molar-refractivity contribution in [1.29, 1.82) is 0 Å². The first-order valence-corrected chi connectivity index (χ1v) is 9.29. The van der Waals surface area contributed by atoms with E-state index in [1.807, 2.05) is 30.9 Å². The van der Waals surface area contributed by atoms with Crippen molar-refractivity contribution >= 4 is 41.7 Å². The first kappa shape index (κ1) is 21.4. The van der Waals surface area contributed by atoms with Gasteiger partial charge in [0.25, 0.3) is 0 Å². The largest absolute Gasteiger partial charge is 0.487 e. The van der Waals surface area contributed by atoms with Crippen molar-refractivity contribution in [1.82, 2.24) is 10.6 Å². The smallest absolute Gasteiger partial charge is 0.191 e. The highest BCUT2D eigenvalue weighted by molar-refractivity contribution is 14.0. The van der Waals surface area contributed by atoms with Crippen molar-refractivity contribution in [2.75, 3.05) is 19.8 Å². The average Bonchev–Trinajstić information content (AvgIpc) is 2.50. The van der Waals surface area contributed by atoms with Crippen LogP contribution in [0.4, 0.5) is 0 Å². The zero-order valence-electron chi connectivity index (χ0n) is 15.5. The third-order valence-corrected chi connectivity index (χ3v) is 5.39. The summed E-state index contributed by atoms with van der Waals surface area (Å²) in [5.41, 5.74) is 1.00. The van der Waals surface area contributed by atoms with Crippen molar-refractivity contribution in [2.24, 2.45) is 4.99 Å². The van der Waals surface area contributed by atoms with Gasteiger partial charge in [0.1, 0.15) is 11.4 Å². The summed E-state index contributed by atoms with van der Waals surface area (Å²) in [6, 6.07) is 8.44. The molecule has 0 bridgehead atoms. The number of guanidine groups is 1. The van der Waals surface area contributed by atoms with Gasteiger partial charge in [-0.05, 0) is 40.0 Å². The van der Waals surface area contributed by atoms with Crippen LogP contribution in [0, 0.1) is 0 Å². The van der Waals surface area contributed by atoms with Gasteiger partial charge in [0.05, 0.1) is 6.04 Å². The lowest BCUT2D eigenvalue weighted by molar-refractivity contribution is 0.0694. The standard InChI is InChI=1S/C18H29N3OS.HI/c1-17(2)11-14(13-9-7-8-10-15(13)22-17)21-16(19-5)20-12-18(3,4)23-6;/h7-10,14H,11-12H2,1-6H3,(H2,19,20,21);1H. The molecule has 2 N–H and O–H groups in total. The Balaban J connectivity index is 0.00000288. The molecule has 136 valence electrons. The summed E-state index contributed by atoms with van der Waals surface area (Å²) in [5, 5.41) is 7.01. The molecule has 0 fully saturated rings. The topological polar surface area (TPSA) is 45.7 Å². The third kappa shape index (κ3) is 5.72. The zero-order valence-corrected chi connectivity index (χ0v) is 18.6. The molecule has 1 aliphatic heterocycles. The van der Waals surface area contributed by atoms with Gasteiger partial charge in [-0.15, -0.1) is 24.0 Å². The second kappa shape index (κ2) is 8.65. The molecule has 1 atom stereocenters. The molecule has 24 heavy (non-hydrogen) atoms. The summed E-state index contributed by atoms with van der Waals surface area (Å²) >= 11 is 1.85. The second-order valence-electron chi connectivity index (χ2n) is 7.19. The molecular formula is C18H30IN3OS. The van der Waals surface area contributed by atoms with E-state index in [1.54, 1.807) is 0 Å². The van der Waals surface area contributed by atoms with Gasteiger partial charge in [-0.2, -0.15) is 11.8 Å². The van der Waals surface area contributed by atoms with Crippen molar-refractivity contribution in [3.8, 4) is 5.75 Å². The van der Waals surface area contributed by atoms with Gasteiger partial charge in [0.15, 0.2) is 5.96 Å². The number of benzene rings is 1. The molecule has 2 rings (SSSR count). The van der Waals surface area contributed by atoms with Crippen LogP contribution in [0.25, 0.3) is 0 Å². The zero-order chi connectivity index (χ0) is 17.1. The van der Waals surface area contributed by atoms with E-state index in [9.17, 15) is 0 Å². The van der Waals surface area contributed by atoms with E-state index in [0.717, 1.165) is 24.7 Å². The van der Waals surface area contributed by atoms with Gasteiger partial charge in [0, 0.05) is 30.3 Å². The first-order chi connectivity index (χ1) is 10.8. The number of thioether (sulfide) groups is 1. The predicted molar refractivity (Wildman–Crippen MR) is 116 cm³/mol. The van der Waals surface area contributed by atoms with Crippen molar-refractivity contribution in [2.45, 2.75) is 50.5 Å². The van der Waals surface area contributed by atoms with Gasteiger partial charge in [-0.1, -0.05) is 18.2 Å². The SMILES string of the molecule is CN=C(NCC(C)(C)SC)NC1CC(C)(C)Oc2ccccc21.I. The molecule has 6 heteroatoms. The van der Waals surface area contributed by atoms with Gasteiger partial charge < -0.3 is 15.4 Å². The third-order valence-electron chi connectivity index (χ3n) is 4.15. The fourth-order valence-electron chi connectivity index (χ4n) is 2.66. The maximum atomic E-state index is 6.09. The number of fused-ring (bicyclic) bond motifs is 1. The number of hydrogen-bond acceptors (Lipinski definition) is 3. The number of rotatable bonds is 4. The molecular weight excluding hydrogens is 433 g/mol. The van der Waals surface area contributed by atoms with E-state index in [0.29, 0.717) is 0 Å². The first-order valence-electron chi connectivity index (χ1n) is 8.07. The van der Waals surface area contributed by atoms with Gasteiger partial charge in [-0.3, -0.25) is 4.99 Å². The molecule has 1 unspecified atom stereocenters. The molecule has 0 amide bonds. The van der Waals surface area contributed by atoms with Crippen LogP contribution >= 0.6 is 35.7 Å². The number of halogens is 1. The molecule has 0 aromatic heterocycles. The second-order valence-corrected chi connectivity index (χ2v) is 8.70. The molecule has 0 radical (unpaired) electrons. The Morgan fingerprint density at radius 3 is 2.67 bits per heavy atom. The highest BCUT2D eigenvalue weighted by atomic mass is 127. The fourth-order valence-corrected chi connectivity index (χ4v) is 2.88. The van der Waals surface area contributed by atoms with Crippen LogP contribution in [0.15, 0.2) is 29.3 Å². The van der Waals surface area contributed by atoms with Crippen molar-refractivity contribution in [3.05, 3.63) is 29.8 Å². The molecule has 0 saturated carbocycles. The van der Waals surface area contributed by atoms with E-state index in [2.05, 4.69) is 61.7 Å². The van der Waals surface area contributed by atoms with E-state index >= 15 is 0 Å². The molecule has 4 nitrogen and oxygen atoms in total. The highest BCUT2D eigenvalue weighted by Crippen LogP contribution is 2.39. The summed E-state index contributed by atoms with van der Waals surface area (Å²) in [6.45, 7) is 9.58. The maximum Gasteiger partial charge on any atom is 0.191 e. The van der Waals surface area contributed by atoms with E-state index < -0.39 is 0 Å². The Hall–Kier alpha value is -0.630.